The molecule has 0 saturated carbocycles. The molecule has 2 amide bonds. The Morgan fingerprint density at radius 2 is 2.06 bits per heavy atom. The summed E-state index contributed by atoms with van der Waals surface area (Å²) in [6.45, 7) is 4.56. The number of carbonyl (C=O) groups excluding carboxylic acids is 1. The minimum atomic E-state index is -0.922. The molecule has 0 bridgehead atoms. The molecule has 2 unspecified atom stereocenters. The molecule has 6 nitrogen and oxygen atoms in total. The van der Waals surface area contributed by atoms with Crippen molar-refractivity contribution in [2.75, 3.05) is 19.6 Å². The number of hydrogen-bond donors (Lipinski definition) is 3. The van der Waals surface area contributed by atoms with Crippen LogP contribution in [-0.2, 0) is 4.79 Å². The Labute approximate surface area is 107 Å². The molecule has 0 spiro atoms. The van der Waals surface area contributed by atoms with Crippen molar-refractivity contribution in [1.29, 1.82) is 0 Å². The molecule has 1 saturated heterocycles. The zero-order chi connectivity index (χ0) is 13.8. The first-order chi connectivity index (χ1) is 8.32. The average Bonchev–Trinajstić information content (AvgIpc) is 2.46. The predicted octanol–water partition coefficient (Wildman–Crippen LogP) is 0.654. The Morgan fingerprint density at radius 1 is 1.39 bits per heavy atom. The quantitative estimate of drug-likeness (QED) is 0.693. The zero-order valence-electron chi connectivity index (χ0n) is 11.0. The lowest BCUT2D eigenvalue weighted by atomic mass is 9.98. The lowest BCUT2D eigenvalue weighted by Gasteiger charge is -2.23. The second kappa shape index (κ2) is 6.04. The molecule has 3 N–H and O–H groups in total. The molecule has 1 heterocycles. The number of nitrogens with one attached hydrogen (secondary N) is 1. The lowest BCUT2D eigenvalue weighted by molar-refractivity contribution is -0.140. The van der Waals surface area contributed by atoms with Crippen molar-refractivity contribution in [3.05, 3.63) is 0 Å². The molecule has 0 aromatic rings. The van der Waals surface area contributed by atoms with E-state index in [1.165, 1.54) is 0 Å². The fraction of sp³-hybridized carbons (Fsp3) is 0.833. The topological polar surface area (TPSA) is 89.9 Å². The van der Waals surface area contributed by atoms with Crippen molar-refractivity contribution >= 4 is 12.0 Å². The average molecular weight is 258 g/mol. The van der Waals surface area contributed by atoms with Crippen LogP contribution >= 0.6 is 0 Å². The summed E-state index contributed by atoms with van der Waals surface area (Å²) < 4.78 is 0. The van der Waals surface area contributed by atoms with Crippen LogP contribution in [0.2, 0.25) is 0 Å². The monoisotopic (exact) mass is 258 g/mol. The maximum absolute atomic E-state index is 11.8. The summed E-state index contributed by atoms with van der Waals surface area (Å²) in [6, 6.07) is -0.249. The molecule has 1 rings (SSSR count). The predicted molar refractivity (Wildman–Crippen MR) is 66.2 cm³/mol. The van der Waals surface area contributed by atoms with E-state index in [1.54, 1.807) is 18.7 Å². The van der Waals surface area contributed by atoms with Gasteiger partial charge in [-0.15, -0.1) is 0 Å². The highest BCUT2D eigenvalue weighted by atomic mass is 16.4. The third kappa shape index (κ3) is 4.52. The molecule has 104 valence electrons. The van der Waals surface area contributed by atoms with Gasteiger partial charge in [0.2, 0.25) is 0 Å². The molecule has 0 aromatic carbocycles. The summed E-state index contributed by atoms with van der Waals surface area (Å²) in [5.41, 5.74) is -0.705. The Bertz CT molecular complexity index is 317. The Kier molecular flexibility index (Phi) is 4.95. The number of hydrogen-bond acceptors (Lipinski definition) is 3. The van der Waals surface area contributed by atoms with Crippen LogP contribution < -0.4 is 5.32 Å². The maximum atomic E-state index is 11.8. The largest absolute Gasteiger partial charge is 0.481 e. The first kappa shape index (κ1) is 14.8. The van der Waals surface area contributed by atoms with Crippen LogP contribution in [0.4, 0.5) is 4.79 Å². The number of carbonyl (C=O) groups is 2. The van der Waals surface area contributed by atoms with Gasteiger partial charge in [-0.1, -0.05) is 6.92 Å². The first-order valence-corrected chi connectivity index (χ1v) is 6.30. The molecular formula is C12H22N2O4. The van der Waals surface area contributed by atoms with E-state index >= 15 is 0 Å². The van der Waals surface area contributed by atoms with Crippen LogP contribution in [0.15, 0.2) is 0 Å². The molecule has 1 aliphatic heterocycles. The smallest absolute Gasteiger partial charge is 0.317 e. The Balaban J connectivity index is 2.40. The summed E-state index contributed by atoms with van der Waals surface area (Å²) in [5, 5.41) is 21.2. The number of urea groups is 1. The van der Waals surface area contributed by atoms with Crippen LogP contribution in [0.3, 0.4) is 0 Å². The fourth-order valence-corrected chi connectivity index (χ4v) is 1.91. The second-order valence-electron chi connectivity index (χ2n) is 5.26. The Hall–Kier alpha value is -1.30. The highest BCUT2D eigenvalue weighted by Gasteiger charge is 2.27. The molecule has 1 fully saturated rings. The fourth-order valence-electron chi connectivity index (χ4n) is 1.91. The van der Waals surface area contributed by atoms with E-state index in [2.05, 4.69) is 5.32 Å². The number of rotatable bonds is 3. The van der Waals surface area contributed by atoms with Gasteiger partial charge in [0.15, 0.2) is 0 Å². The molecule has 0 aromatic heterocycles. The number of aliphatic hydroxyl groups is 1. The SMILES string of the molecule is CC(CNC(=O)N1CCCC(C)(O)CC1)C(=O)O. The number of carboxylic acids is 1. The Morgan fingerprint density at radius 3 is 2.67 bits per heavy atom. The van der Waals surface area contributed by atoms with Crippen molar-refractivity contribution in [2.24, 2.45) is 5.92 Å². The number of nitrogens with zero attached hydrogens (tertiary/aromatic N) is 1. The van der Waals surface area contributed by atoms with Gasteiger partial charge in [-0.25, -0.2) is 4.79 Å². The number of aliphatic carboxylic acids is 1. The third-order valence-electron chi connectivity index (χ3n) is 3.33. The van der Waals surface area contributed by atoms with Gasteiger partial charge >= 0.3 is 12.0 Å². The highest BCUT2D eigenvalue weighted by Crippen LogP contribution is 2.21. The van der Waals surface area contributed by atoms with E-state index in [9.17, 15) is 14.7 Å². The van der Waals surface area contributed by atoms with Crippen molar-refractivity contribution in [3.63, 3.8) is 0 Å². The third-order valence-corrected chi connectivity index (χ3v) is 3.33. The van der Waals surface area contributed by atoms with E-state index in [0.29, 0.717) is 25.9 Å². The van der Waals surface area contributed by atoms with Crippen molar-refractivity contribution in [3.8, 4) is 0 Å². The molecule has 0 aliphatic carbocycles. The van der Waals surface area contributed by atoms with Crippen molar-refractivity contribution in [2.45, 2.75) is 38.7 Å². The molecule has 0 radical (unpaired) electrons. The number of likely N-dealkylation sites (tertiary alicyclic amines) is 1. The van der Waals surface area contributed by atoms with Crippen LogP contribution in [-0.4, -0.2) is 52.3 Å². The van der Waals surface area contributed by atoms with Gasteiger partial charge in [0.25, 0.3) is 0 Å². The summed E-state index contributed by atoms with van der Waals surface area (Å²) in [5.74, 6) is -1.52. The van der Waals surface area contributed by atoms with Gasteiger partial charge in [0.05, 0.1) is 11.5 Å². The van der Waals surface area contributed by atoms with E-state index in [4.69, 9.17) is 5.11 Å². The molecular weight excluding hydrogens is 236 g/mol. The summed E-state index contributed by atoms with van der Waals surface area (Å²) >= 11 is 0. The molecule has 18 heavy (non-hydrogen) atoms. The van der Waals surface area contributed by atoms with Crippen LogP contribution in [0.25, 0.3) is 0 Å². The van der Waals surface area contributed by atoms with Gasteiger partial charge in [-0.3, -0.25) is 4.79 Å². The van der Waals surface area contributed by atoms with Gasteiger partial charge < -0.3 is 20.4 Å². The lowest BCUT2D eigenvalue weighted by Crippen LogP contribution is -2.43. The number of amides is 2. The summed E-state index contributed by atoms with van der Waals surface area (Å²) in [6.07, 6.45) is 1.99. The van der Waals surface area contributed by atoms with Gasteiger partial charge in [0, 0.05) is 19.6 Å². The first-order valence-electron chi connectivity index (χ1n) is 6.30. The van der Waals surface area contributed by atoms with Crippen molar-refractivity contribution < 1.29 is 19.8 Å². The molecule has 1 aliphatic rings. The van der Waals surface area contributed by atoms with Gasteiger partial charge in [0.1, 0.15) is 0 Å². The minimum Gasteiger partial charge on any atom is -0.481 e. The van der Waals surface area contributed by atoms with Gasteiger partial charge in [-0.2, -0.15) is 0 Å². The highest BCUT2D eigenvalue weighted by molar-refractivity contribution is 5.75. The van der Waals surface area contributed by atoms with E-state index in [1.807, 2.05) is 0 Å². The summed E-state index contributed by atoms with van der Waals surface area (Å²) in [7, 11) is 0. The van der Waals surface area contributed by atoms with E-state index < -0.39 is 17.5 Å². The van der Waals surface area contributed by atoms with Crippen LogP contribution in [0.1, 0.15) is 33.1 Å². The normalized spacial score (nSPS) is 26.3. The molecule has 2 atom stereocenters. The van der Waals surface area contributed by atoms with Crippen molar-refractivity contribution in [1.82, 2.24) is 10.2 Å². The number of carboxylic acid groups (broad SMARTS) is 1. The summed E-state index contributed by atoms with van der Waals surface area (Å²) in [4.78, 5) is 24.1. The second-order valence-corrected chi connectivity index (χ2v) is 5.26. The minimum absolute atomic E-state index is 0.126. The molecule has 6 heteroatoms. The van der Waals surface area contributed by atoms with Crippen LogP contribution in [0, 0.1) is 5.92 Å². The van der Waals surface area contributed by atoms with E-state index in [-0.39, 0.29) is 12.6 Å². The maximum Gasteiger partial charge on any atom is 0.317 e. The standard InChI is InChI=1S/C12H22N2O4/c1-9(10(15)16)8-13-11(17)14-6-3-4-12(2,18)5-7-14/h9,18H,3-8H2,1-2H3,(H,13,17)(H,15,16). The van der Waals surface area contributed by atoms with E-state index in [0.717, 1.165) is 6.42 Å². The van der Waals surface area contributed by atoms with Crippen LogP contribution in [0.5, 0.6) is 0 Å². The zero-order valence-corrected chi connectivity index (χ0v) is 11.0. The van der Waals surface area contributed by atoms with Gasteiger partial charge in [-0.05, 0) is 26.2 Å².